The smallest absolute Gasteiger partial charge is 0.241 e. The highest BCUT2D eigenvalue weighted by Gasteiger charge is 2.12. The van der Waals surface area contributed by atoms with E-state index in [1.165, 1.54) is 6.08 Å². The SMILES string of the molecule is CN1CCN(CCOc2ccc(/C=C\C(N)=O)cc2)CC1. The summed E-state index contributed by atoms with van der Waals surface area (Å²) in [5.41, 5.74) is 5.99. The lowest BCUT2D eigenvalue weighted by atomic mass is 10.2. The molecular weight excluding hydrogens is 266 g/mol. The number of carbonyl (C=O) groups excluding carboxylic acids is 1. The van der Waals surface area contributed by atoms with E-state index in [0.29, 0.717) is 6.61 Å². The van der Waals surface area contributed by atoms with Gasteiger partial charge in [0.25, 0.3) is 0 Å². The van der Waals surface area contributed by atoms with E-state index in [-0.39, 0.29) is 0 Å². The fraction of sp³-hybridized carbons (Fsp3) is 0.438. The highest BCUT2D eigenvalue weighted by atomic mass is 16.5. The lowest BCUT2D eigenvalue weighted by Gasteiger charge is -2.32. The monoisotopic (exact) mass is 289 g/mol. The van der Waals surface area contributed by atoms with Crippen LogP contribution in [0.15, 0.2) is 30.3 Å². The van der Waals surface area contributed by atoms with Crippen LogP contribution in [0.2, 0.25) is 0 Å². The lowest BCUT2D eigenvalue weighted by Crippen LogP contribution is -2.45. The molecule has 5 nitrogen and oxygen atoms in total. The second-order valence-corrected chi connectivity index (χ2v) is 5.30. The summed E-state index contributed by atoms with van der Waals surface area (Å²) in [4.78, 5) is 15.4. The molecule has 1 fully saturated rings. The zero-order valence-electron chi connectivity index (χ0n) is 12.5. The van der Waals surface area contributed by atoms with Gasteiger partial charge in [-0.2, -0.15) is 0 Å². The third-order valence-electron chi connectivity index (χ3n) is 3.59. The van der Waals surface area contributed by atoms with E-state index in [2.05, 4.69) is 16.8 Å². The molecule has 1 amide bonds. The van der Waals surface area contributed by atoms with Crippen LogP contribution in [0.4, 0.5) is 0 Å². The quantitative estimate of drug-likeness (QED) is 0.787. The van der Waals surface area contributed by atoms with Gasteiger partial charge in [-0.05, 0) is 30.8 Å². The Morgan fingerprint density at radius 2 is 1.90 bits per heavy atom. The van der Waals surface area contributed by atoms with Crippen LogP contribution in [0.25, 0.3) is 6.08 Å². The van der Waals surface area contributed by atoms with E-state index in [4.69, 9.17) is 10.5 Å². The number of nitrogens with two attached hydrogens (primary N) is 1. The van der Waals surface area contributed by atoms with Crippen LogP contribution in [0.3, 0.4) is 0 Å². The molecule has 0 bridgehead atoms. The number of rotatable bonds is 6. The van der Waals surface area contributed by atoms with Crippen molar-refractivity contribution in [2.24, 2.45) is 5.73 Å². The van der Waals surface area contributed by atoms with Crippen molar-refractivity contribution in [2.45, 2.75) is 0 Å². The van der Waals surface area contributed by atoms with Crippen molar-refractivity contribution in [3.8, 4) is 5.75 Å². The summed E-state index contributed by atoms with van der Waals surface area (Å²) in [5, 5.41) is 0. The summed E-state index contributed by atoms with van der Waals surface area (Å²) in [7, 11) is 2.15. The van der Waals surface area contributed by atoms with Crippen molar-refractivity contribution in [3.63, 3.8) is 0 Å². The topological polar surface area (TPSA) is 58.8 Å². The van der Waals surface area contributed by atoms with Crippen LogP contribution in [0.5, 0.6) is 5.75 Å². The van der Waals surface area contributed by atoms with Crippen molar-refractivity contribution in [1.29, 1.82) is 0 Å². The van der Waals surface area contributed by atoms with Gasteiger partial charge in [-0.3, -0.25) is 9.69 Å². The minimum atomic E-state index is -0.442. The molecule has 0 saturated carbocycles. The first-order valence-electron chi connectivity index (χ1n) is 7.25. The predicted octanol–water partition coefficient (Wildman–Crippen LogP) is 0.811. The number of hydrogen-bond donors (Lipinski definition) is 1. The molecule has 21 heavy (non-hydrogen) atoms. The first-order chi connectivity index (χ1) is 10.1. The van der Waals surface area contributed by atoms with Gasteiger partial charge in [-0.25, -0.2) is 0 Å². The second kappa shape index (κ2) is 7.81. The molecule has 0 spiro atoms. The average Bonchev–Trinajstić information content (AvgIpc) is 2.48. The van der Waals surface area contributed by atoms with E-state index >= 15 is 0 Å². The van der Waals surface area contributed by atoms with Crippen LogP contribution in [0, 0.1) is 0 Å². The van der Waals surface area contributed by atoms with Crippen LogP contribution < -0.4 is 10.5 Å². The molecule has 0 aromatic heterocycles. The molecule has 1 aromatic carbocycles. The summed E-state index contributed by atoms with van der Waals surface area (Å²) < 4.78 is 5.75. The molecule has 1 saturated heterocycles. The Balaban J connectivity index is 1.72. The number of amides is 1. The van der Waals surface area contributed by atoms with Crippen LogP contribution >= 0.6 is 0 Å². The molecular formula is C16H23N3O2. The van der Waals surface area contributed by atoms with Crippen LogP contribution in [-0.2, 0) is 4.79 Å². The maximum Gasteiger partial charge on any atom is 0.241 e. The van der Waals surface area contributed by atoms with Crippen LogP contribution in [-0.4, -0.2) is 62.1 Å². The zero-order valence-corrected chi connectivity index (χ0v) is 12.5. The van der Waals surface area contributed by atoms with E-state index < -0.39 is 5.91 Å². The molecule has 1 aliphatic heterocycles. The van der Waals surface area contributed by atoms with Gasteiger partial charge in [0, 0.05) is 38.8 Å². The fourth-order valence-electron chi connectivity index (χ4n) is 2.22. The van der Waals surface area contributed by atoms with Gasteiger partial charge in [-0.15, -0.1) is 0 Å². The van der Waals surface area contributed by atoms with Crippen molar-refractivity contribution >= 4 is 12.0 Å². The van der Waals surface area contributed by atoms with Gasteiger partial charge < -0.3 is 15.4 Å². The number of piperazine rings is 1. The Morgan fingerprint density at radius 1 is 1.24 bits per heavy atom. The Labute approximate surface area is 126 Å². The molecule has 5 heteroatoms. The maximum atomic E-state index is 10.7. The molecule has 0 aliphatic carbocycles. The van der Waals surface area contributed by atoms with Gasteiger partial charge in [0.2, 0.25) is 5.91 Å². The van der Waals surface area contributed by atoms with Crippen molar-refractivity contribution in [1.82, 2.24) is 9.80 Å². The summed E-state index contributed by atoms with van der Waals surface area (Å²) >= 11 is 0. The number of likely N-dealkylation sites (N-methyl/N-ethyl adjacent to an activating group) is 1. The van der Waals surface area contributed by atoms with E-state index in [0.717, 1.165) is 44.0 Å². The third kappa shape index (κ3) is 5.57. The predicted molar refractivity (Wildman–Crippen MR) is 84.1 cm³/mol. The van der Waals surface area contributed by atoms with Gasteiger partial charge in [-0.1, -0.05) is 12.1 Å². The van der Waals surface area contributed by atoms with Crippen molar-refractivity contribution < 1.29 is 9.53 Å². The highest BCUT2D eigenvalue weighted by molar-refractivity contribution is 5.90. The average molecular weight is 289 g/mol. The highest BCUT2D eigenvalue weighted by Crippen LogP contribution is 2.13. The number of carbonyl (C=O) groups is 1. The van der Waals surface area contributed by atoms with Crippen LogP contribution in [0.1, 0.15) is 5.56 Å². The molecule has 2 N–H and O–H groups in total. The first-order valence-corrected chi connectivity index (χ1v) is 7.25. The fourth-order valence-corrected chi connectivity index (χ4v) is 2.22. The molecule has 0 radical (unpaired) electrons. The minimum absolute atomic E-state index is 0.442. The Bertz CT molecular complexity index is 477. The number of ether oxygens (including phenoxy) is 1. The number of nitrogens with zero attached hydrogens (tertiary/aromatic N) is 2. The molecule has 0 unspecified atom stereocenters. The standard InChI is InChI=1S/C16H23N3O2/c1-18-8-10-19(11-9-18)12-13-21-15-5-2-14(3-6-15)4-7-16(17)20/h2-7H,8-13H2,1H3,(H2,17,20)/b7-4-. The third-order valence-corrected chi connectivity index (χ3v) is 3.59. The largest absolute Gasteiger partial charge is 0.492 e. The van der Waals surface area contributed by atoms with Crippen molar-refractivity contribution in [3.05, 3.63) is 35.9 Å². The first kappa shape index (κ1) is 15.5. The maximum absolute atomic E-state index is 10.7. The molecule has 2 rings (SSSR count). The number of hydrogen-bond acceptors (Lipinski definition) is 4. The van der Waals surface area contributed by atoms with Gasteiger partial charge in [0.15, 0.2) is 0 Å². The Hall–Kier alpha value is -1.85. The molecule has 1 aromatic rings. The normalized spacial score (nSPS) is 17.2. The summed E-state index contributed by atoms with van der Waals surface area (Å²) in [6.07, 6.45) is 3.04. The molecule has 1 heterocycles. The van der Waals surface area contributed by atoms with Gasteiger partial charge in [0.1, 0.15) is 12.4 Å². The second-order valence-electron chi connectivity index (χ2n) is 5.30. The summed E-state index contributed by atoms with van der Waals surface area (Å²) in [6, 6.07) is 7.63. The molecule has 114 valence electrons. The van der Waals surface area contributed by atoms with Gasteiger partial charge >= 0.3 is 0 Å². The number of primary amides is 1. The number of benzene rings is 1. The lowest BCUT2D eigenvalue weighted by molar-refractivity contribution is -0.113. The Kier molecular flexibility index (Phi) is 5.78. The molecule has 0 atom stereocenters. The van der Waals surface area contributed by atoms with E-state index in [9.17, 15) is 4.79 Å². The Morgan fingerprint density at radius 3 is 2.52 bits per heavy atom. The van der Waals surface area contributed by atoms with Crippen molar-refractivity contribution in [2.75, 3.05) is 46.4 Å². The summed E-state index contributed by atoms with van der Waals surface area (Å²) in [6.45, 7) is 6.12. The minimum Gasteiger partial charge on any atom is -0.492 e. The zero-order chi connectivity index (χ0) is 15.1. The molecule has 1 aliphatic rings. The summed E-state index contributed by atoms with van der Waals surface area (Å²) in [5.74, 6) is 0.405. The van der Waals surface area contributed by atoms with Gasteiger partial charge in [0.05, 0.1) is 0 Å². The van der Waals surface area contributed by atoms with E-state index in [1.54, 1.807) is 6.08 Å². The van der Waals surface area contributed by atoms with E-state index in [1.807, 2.05) is 24.3 Å².